The summed E-state index contributed by atoms with van der Waals surface area (Å²) in [5.74, 6) is -0.345. The van der Waals surface area contributed by atoms with E-state index in [0.29, 0.717) is 18.7 Å². The number of halogens is 1. The minimum absolute atomic E-state index is 0.341. The first-order chi connectivity index (χ1) is 8.75. The smallest absolute Gasteiger partial charge is 0.123 e. The molecule has 1 aromatic carbocycles. The SMILES string of the molecule is OC(CNCc1ccncn1)c1cccc(F)c1. The van der Waals surface area contributed by atoms with Crippen molar-refractivity contribution in [2.24, 2.45) is 0 Å². The molecule has 0 fully saturated rings. The van der Waals surface area contributed by atoms with E-state index in [0.717, 1.165) is 5.69 Å². The summed E-state index contributed by atoms with van der Waals surface area (Å²) in [6, 6.07) is 7.75. The first-order valence-electron chi connectivity index (χ1n) is 5.65. The highest BCUT2D eigenvalue weighted by atomic mass is 19.1. The van der Waals surface area contributed by atoms with Crippen molar-refractivity contribution >= 4 is 0 Å². The maximum absolute atomic E-state index is 13.0. The van der Waals surface area contributed by atoms with E-state index < -0.39 is 6.10 Å². The minimum Gasteiger partial charge on any atom is -0.387 e. The van der Waals surface area contributed by atoms with Gasteiger partial charge in [-0.1, -0.05) is 12.1 Å². The maximum Gasteiger partial charge on any atom is 0.123 e. The Hall–Kier alpha value is -1.85. The summed E-state index contributed by atoms with van der Waals surface area (Å²) in [4.78, 5) is 7.86. The lowest BCUT2D eigenvalue weighted by Gasteiger charge is -2.12. The third kappa shape index (κ3) is 3.58. The Morgan fingerprint density at radius 2 is 2.22 bits per heavy atom. The van der Waals surface area contributed by atoms with Crippen LogP contribution < -0.4 is 5.32 Å². The van der Waals surface area contributed by atoms with Crippen LogP contribution in [0.15, 0.2) is 42.9 Å². The maximum atomic E-state index is 13.0. The van der Waals surface area contributed by atoms with E-state index in [-0.39, 0.29) is 5.82 Å². The van der Waals surface area contributed by atoms with Crippen molar-refractivity contribution in [3.05, 3.63) is 59.9 Å². The van der Waals surface area contributed by atoms with E-state index in [1.807, 2.05) is 0 Å². The molecule has 0 aliphatic heterocycles. The third-order valence-electron chi connectivity index (χ3n) is 2.52. The highest BCUT2D eigenvalue weighted by molar-refractivity contribution is 5.19. The molecule has 1 unspecified atom stereocenters. The van der Waals surface area contributed by atoms with Gasteiger partial charge in [-0.05, 0) is 23.8 Å². The van der Waals surface area contributed by atoms with Gasteiger partial charge < -0.3 is 10.4 Å². The van der Waals surface area contributed by atoms with Crippen molar-refractivity contribution in [1.82, 2.24) is 15.3 Å². The quantitative estimate of drug-likeness (QED) is 0.839. The molecule has 18 heavy (non-hydrogen) atoms. The van der Waals surface area contributed by atoms with Crippen LogP contribution in [-0.2, 0) is 6.54 Å². The number of hydrogen-bond donors (Lipinski definition) is 2. The summed E-state index contributed by atoms with van der Waals surface area (Å²) in [5.41, 5.74) is 1.40. The Bertz CT molecular complexity index is 493. The average molecular weight is 247 g/mol. The molecule has 0 saturated carbocycles. The summed E-state index contributed by atoms with van der Waals surface area (Å²) >= 11 is 0. The Balaban J connectivity index is 1.83. The lowest BCUT2D eigenvalue weighted by Crippen LogP contribution is -2.21. The van der Waals surface area contributed by atoms with Crippen LogP contribution in [0, 0.1) is 5.82 Å². The summed E-state index contributed by atoms with van der Waals surface area (Å²) < 4.78 is 13.0. The third-order valence-corrected chi connectivity index (χ3v) is 2.52. The molecule has 1 atom stereocenters. The molecule has 1 heterocycles. The fraction of sp³-hybridized carbons (Fsp3) is 0.231. The van der Waals surface area contributed by atoms with Crippen molar-refractivity contribution in [2.45, 2.75) is 12.6 Å². The lowest BCUT2D eigenvalue weighted by atomic mass is 10.1. The number of aliphatic hydroxyl groups is 1. The monoisotopic (exact) mass is 247 g/mol. The molecule has 0 radical (unpaired) electrons. The topological polar surface area (TPSA) is 58.0 Å². The molecule has 4 nitrogen and oxygen atoms in total. The minimum atomic E-state index is -0.734. The van der Waals surface area contributed by atoms with E-state index >= 15 is 0 Å². The molecule has 0 spiro atoms. The molecular weight excluding hydrogens is 233 g/mol. The molecule has 2 aromatic rings. The van der Waals surface area contributed by atoms with Crippen LogP contribution in [0.4, 0.5) is 4.39 Å². The number of aromatic nitrogens is 2. The van der Waals surface area contributed by atoms with E-state index in [1.165, 1.54) is 18.5 Å². The summed E-state index contributed by atoms with van der Waals surface area (Å²) in [6.45, 7) is 0.877. The Kier molecular flexibility index (Phi) is 4.33. The van der Waals surface area contributed by atoms with Crippen molar-refractivity contribution in [1.29, 1.82) is 0 Å². The van der Waals surface area contributed by atoms with Crippen LogP contribution in [0.5, 0.6) is 0 Å². The zero-order chi connectivity index (χ0) is 12.8. The number of benzene rings is 1. The van der Waals surface area contributed by atoms with Crippen LogP contribution in [0.1, 0.15) is 17.4 Å². The molecule has 94 valence electrons. The van der Waals surface area contributed by atoms with Crippen LogP contribution in [0.2, 0.25) is 0 Å². The largest absolute Gasteiger partial charge is 0.387 e. The summed E-state index contributed by atoms with van der Waals surface area (Å²) in [5, 5.41) is 12.9. The van der Waals surface area contributed by atoms with E-state index in [9.17, 15) is 9.50 Å². The molecule has 0 amide bonds. The zero-order valence-electron chi connectivity index (χ0n) is 9.75. The van der Waals surface area contributed by atoms with Gasteiger partial charge in [0.1, 0.15) is 12.1 Å². The second kappa shape index (κ2) is 6.18. The molecule has 2 N–H and O–H groups in total. The average Bonchev–Trinajstić information content (AvgIpc) is 2.40. The molecular formula is C13H14FN3O. The molecule has 0 aliphatic carbocycles. The van der Waals surface area contributed by atoms with Gasteiger partial charge in [0.2, 0.25) is 0 Å². The first-order valence-corrected chi connectivity index (χ1v) is 5.65. The van der Waals surface area contributed by atoms with Gasteiger partial charge in [0.25, 0.3) is 0 Å². The number of rotatable bonds is 5. The van der Waals surface area contributed by atoms with Gasteiger partial charge in [0.05, 0.1) is 11.8 Å². The van der Waals surface area contributed by atoms with Gasteiger partial charge in [-0.3, -0.25) is 0 Å². The Morgan fingerprint density at radius 1 is 1.33 bits per heavy atom. The predicted octanol–water partition coefficient (Wildman–Crippen LogP) is 1.44. The van der Waals surface area contributed by atoms with Crippen LogP contribution in [0.3, 0.4) is 0 Å². The fourth-order valence-corrected chi connectivity index (χ4v) is 1.59. The van der Waals surface area contributed by atoms with E-state index in [2.05, 4.69) is 15.3 Å². The van der Waals surface area contributed by atoms with Crippen molar-refractivity contribution in [3.8, 4) is 0 Å². The van der Waals surface area contributed by atoms with Crippen molar-refractivity contribution in [2.75, 3.05) is 6.54 Å². The Morgan fingerprint density at radius 3 is 2.94 bits per heavy atom. The highest BCUT2D eigenvalue weighted by Gasteiger charge is 2.07. The molecule has 5 heteroatoms. The highest BCUT2D eigenvalue weighted by Crippen LogP contribution is 2.12. The van der Waals surface area contributed by atoms with Gasteiger partial charge in [-0.25, -0.2) is 14.4 Å². The van der Waals surface area contributed by atoms with E-state index in [1.54, 1.807) is 24.4 Å². The standard InChI is InChI=1S/C13H14FN3O/c14-11-3-1-2-10(6-11)13(18)8-16-7-12-4-5-15-9-17-12/h1-6,9,13,16,18H,7-8H2. The summed E-state index contributed by atoms with van der Waals surface area (Å²) in [6.07, 6.45) is 2.40. The van der Waals surface area contributed by atoms with Crippen molar-refractivity contribution in [3.63, 3.8) is 0 Å². The predicted molar refractivity (Wildman–Crippen MR) is 65.1 cm³/mol. The number of nitrogens with one attached hydrogen (secondary N) is 1. The lowest BCUT2D eigenvalue weighted by molar-refractivity contribution is 0.174. The second-order valence-electron chi connectivity index (χ2n) is 3.90. The molecule has 0 saturated heterocycles. The second-order valence-corrected chi connectivity index (χ2v) is 3.90. The first kappa shape index (κ1) is 12.6. The van der Waals surface area contributed by atoms with Crippen LogP contribution in [-0.4, -0.2) is 21.6 Å². The van der Waals surface area contributed by atoms with Gasteiger partial charge in [0.15, 0.2) is 0 Å². The zero-order valence-corrected chi connectivity index (χ0v) is 9.75. The number of nitrogens with zero attached hydrogens (tertiary/aromatic N) is 2. The Labute approximate surface area is 105 Å². The normalized spacial score (nSPS) is 12.3. The van der Waals surface area contributed by atoms with Gasteiger partial charge in [-0.15, -0.1) is 0 Å². The van der Waals surface area contributed by atoms with Gasteiger partial charge in [-0.2, -0.15) is 0 Å². The van der Waals surface area contributed by atoms with Crippen LogP contribution in [0.25, 0.3) is 0 Å². The van der Waals surface area contributed by atoms with Crippen molar-refractivity contribution < 1.29 is 9.50 Å². The number of hydrogen-bond acceptors (Lipinski definition) is 4. The summed E-state index contributed by atoms with van der Waals surface area (Å²) in [7, 11) is 0. The molecule has 1 aromatic heterocycles. The number of aliphatic hydroxyl groups excluding tert-OH is 1. The molecule has 2 rings (SSSR count). The van der Waals surface area contributed by atoms with Gasteiger partial charge in [0, 0.05) is 19.3 Å². The fourth-order valence-electron chi connectivity index (χ4n) is 1.59. The van der Waals surface area contributed by atoms with Crippen LogP contribution >= 0.6 is 0 Å². The molecule has 0 bridgehead atoms. The van der Waals surface area contributed by atoms with Gasteiger partial charge >= 0.3 is 0 Å². The molecule has 0 aliphatic rings. The van der Waals surface area contributed by atoms with E-state index in [4.69, 9.17) is 0 Å².